The van der Waals surface area contributed by atoms with Crippen molar-refractivity contribution in [2.75, 3.05) is 0 Å². The van der Waals surface area contributed by atoms with E-state index < -0.39 is 5.82 Å². The molecule has 0 radical (unpaired) electrons. The van der Waals surface area contributed by atoms with Gasteiger partial charge in [-0.05, 0) is 79.3 Å². The first kappa shape index (κ1) is 24.3. The van der Waals surface area contributed by atoms with Gasteiger partial charge in [0, 0.05) is 16.7 Å². The van der Waals surface area contributed by atoms with Crippen LogP contribution in [0.5, 0.6) is 0 Å². The summed E-state index contributed by atoms with van der Waals surface area (Å²) in [5.41, 5.74) is 4.32. The average molecular weight is 441 g/mol. The first-order chi connectivity index (χ1) is 16.1. The lowest BCUT2D eigenvalue weighted by Crippen LogP contribution is -1.92. The molecule has 0 saturated heterocycles. The standard InChI is InChI=1S/C31H30F2/c1-3-5-7-9-28-20-17-26(22-30(28)32)14-15-27-18-21-29(31(33)23-27)19-16-25-12-10-24(11-13-25)8-6-4-2/h10-13,17-18,20-23H,3-9H2,1-2H3. The molecule has 2 heteroatoms. The van der Waals surface area contributed by atoms with E-state index in [9.17, 15) is 8.78 Å². The van der Waals surface area contributed by atoms with Crippen molar-refractivity contribution in [3.05, 3.63) is 106 Å². The smallest absolute Gasteiger partial charge is 0.140 e. The number of rotatable bonds is 7. The quantitative estimate of drug-likeness (QED) is 0.259. The number of aryl methyl sites for hydroxylation is 2. The van der Waals surface area contributed by atoms with Gasteiger partial charge in [-0.1, -0.05) is 75.0 Å². The predicted octanol–water partition coefficient (Wildman–Crippen LogP) is 7.84. The summed E-state index contributed by atoms with van der Waals surface area (Å²) in [6.07, 6.45) is 7.34. The van der Waals surface area contributed by atoms with Crippen molar-refractivity contribution < 1.29 is 8.78 Å². The van der Waals surface area contributed by atoms with Gasteiger partial charge in [0.1, 0.15) is 11.6 Å². The van der Waals surface area contributed by atoms with Gasteiger partial charge in [0.2, 0.25) is 0 Å². The van der Waals surface area contributed by atoms with Gasteiger partial charge in [-0.15, -0.1) is 0 Å². The van der Waals surface area contributed by atoms with E-state index in [2.05, 4.69) is 49.7 Å². The lowest BCUT2D eigenvalue weighted by molar-refractivity contribution is 0.598. The normalized spacial score (nSPS) is 10.2. The topological polar surface area (TPSA) is 0 Å². The summed E-state index contributed by atoms with van der Waals surface area (Å²) in [5, 5.41) is 0. The highest BCUT2D eigenvalue weighted by molar-refractivity contribution is 5.49. The second-order valence-electron chi connectivity index (χ2n) is 8.26. The Labute approximate surface area is 197 Å². The van der Waals surface area contributed by atoms with Gasteiger partial charge in [0.05, 0.1) is 5.56 Å². The maximum Gasteiger partial charge on any atom is 0.140 e. The highest BCUT2D eigenvalue weighted by Crippen LogP contribution is 2.14. The van der Waals surface area contributed by atoms with Crippen LogP contribution in [0.2, 0.25) is 0 Å². The Morgan fingerprint density at radius 2 is 1.18 bits per heavy atom. The van der Waals surface area contributed by atoms with Crippen LogP contribution in [0.4, 0.5) is 8.78 Å². The van der Waals surface area contributed by atoms with Gasteiger partial charge in [-0.3, -0.25) is 0 Å². The van der Waals surface area contributed by atoms with Crippen molar-refractivity contribution in [2.24, 2.45) is 0 Å². The van der Waals surface area contributed by atoms with Gasteiger partial charge < -0.3 is 0 Å². The Hall–Kier alpha value is -3.36. The minimum atomic E-state index is -0.411. The monoisotopic (exact) mass is 440 g/mol. The SMILES string of the molecule is CCCCCc1ccc(C#Cc2ccc(C#Cc3ccc(CCCC)cc3)c(F)c2)cc1F. The highest BCUT2D eigenvalue weighted by Gasteiger charge is 2.03. The third-order valence-corrected chi connectivity index (χ3v) is 5.54. The molecule has 0 saturated carbocycles. The molecule has 3 aromatic carbocycles. The first-order valence-corrected chi connectivity index (χ1v) is 11.8. The van der Waals surface area contributed by atoms with E-state index in [1.54, 1.807) is 18.2 Å². The summed E-state index contributed by atoms with van der Waals surface area (Å²) in [6.45, 7) is 4.31. The fourth-order valence-corrected chi connectivity index (χ4v) is 3.51. The van der Waals surface area contributed by atoms with Crippen molar-refractivity contribution in [3.8, 4) is 23.7 Å². The Morgan fingerprint density at radius 3 is 1.82 bits per heavy atom. The molecule has 0 heterocycles. The van der Waals surface area contributed by atoms with Crippen LogP contribution in [0.3, 0.4) is 0 Å². The summed E-state index contributed by atoms with van der Waals surface area (Å²) in [5.74, 6) is 11.1. The molecule has 3 aromatic rings. The molecule has 0 nitrogen and oxygen atoms in total. The van der Waals surface area contributed by atoms with Gasteiger partial charge >= 0.3 is 0 Å². The third-order valence-electron chi connectivity index (χ3n) is 5.54. The van der Waals surface area contributed by atoms with Gasteiger partial charge in [0.15, 0.2) is 0 Å². The summed E-state index contributed by atoms with van der Waals surface area (Å²) < 4.78 is 28.8. The minimum Gasteiger partial charge on any atom is -0.207 e. The van der Waals surface area contributed by atoms with Crippen molar-refractivity contribution in [3.63, 3.8) is 0 Å². The Kier molecular flexibility index (Phi) is 9.29. The van der Waals surface area contributed by atoms with E-state index in [1.807, 2.05) is 18.2 Å². The number of unbranched alkanes of at least 4 members (excludes halogenated alkanes) is 3. The van der Waals surface area contributed by atoms with Crippen LogP contribution in [-0.2, 0) is 12.8 Å². The van der Waals surface area contributed by atoms with Crippen LogP contribution in [0, 0.1) is 35.3 Å². The molecule has 0 fully saturated rings. The molecule has 0 bridgehead atoms. The van der Waals surface area contributed by atoms with E-state index in [0.29, 0.717) is 16.7 Å². The molecular weight excluding hydrogens is 410 g/mol. The highest BCUT2D eigenvalue weighted by atomic mass is 19.1. The van der Waals surface area contributed by atoms with E-state index >= 15 is 0 Å². The van der Waals surface area contributed by atoms with Crippen molar-refractivity contribution in [1.29, 1.82) is 0 Å². The van der Waals surface area contributed by atoms with Gasteiger partial charge in [0.25, 0.3) is 0 Å². The lowest BCUT2D eigenvalue weighted by atomic mass is 10.0. The van der Waals surface area contributed by atoms with Crippen LogP contribution < -0.4 is 0 Å². The van der Waals surface area contributed by atoms with E-state index in [0.717, 1.165) is 43.2 Å². The van der Waals surface area contributed by atoms with Crippen LogP contribution in [0.15, 0.2) is 60.7 Å². The van der Waals surface area contributed by atoms with E-state index in [4.69, 9.17) is 0 Å². The van der Waals surface area contributed by atoms with Crippen LogP contribution in [-0.4, -0.2) is 0 Å². The largest absolute Gasteiger partial charge is 0.207 e. The van der Waals surface area contributed by atoms with Gasteiger partial charge in [-0.2, -0.15) is 0 Å². The molecule has 0 unspecified atom stereocenters. The summed E-state index contributed by atoms with van der Waals surface area (Å²) in [6, 6.07) is 17.9. The van der Waals surface area contributed by atoms with E-state index in [-0.39, 0.29) is 5.82 Å². The molecular formula is C31H30F2. The summed E-state index contributed by atoms with van der Waals surface area (Å²) >= 11 is 0. The minimum absolute atomic E-state index is 0.229. The average Bonchev–Trinajstić information content (AvgIpc) is 2.83. The molecule has 3 rings (SSSR count). The Balaban J connectivity index is 1.67. The van der Waals surface area contributed by atoms with Crippen LogP contribution >= 0.6 is 0 Å². The molecule has 33 heavy (non-hydrogen) atoms. The zero-order chi connectivity index (χ0) is 23.5. The molecule has 0 amide bonds. The fraction of sp³-hybridized carbons (Fsp3) is 0.290. The molecule has 0 aromatic heterocycles. The third kappa shape index (κ3) is 7.62. The number of hydrogen-bond acceptors (Lipinski definition) is 0. The van der Waals surface area contributed by atoms with Crippen molar-refractivity contribution in [2.45, 2.75) is 58.8 Å². The van der Waals surface area contributed by atoms with Gasteiger partial charge in [-0.25, -0.2) is 8.78 Å². The fourth-order valence-electron chi connectivity index (χ4n) is 3.51. The molecule has 0 N–H and O–H groups in total. The number of halogens is 2. The summed E-state index contributed by atoms with van der Waals surface area (Å²) in [7, 11) is 0. The molecule has 0 spiro atoms. The molecule has 0 aliphatic rings. The molecule has 168 valence electrons. The van der Waals surface area contributed by atoms with Crippen LogP contribution in [0.1, 0.15) is 79.3 Å². The molecule has 0 aliphatic heterocycles. The van der Waals surface area contributed by atoms with Crippen molar-refractivity contribution >= 4 is 0 Å². The van der Waals surface area contributed by atoms with Crippen molar-refractivity contribution in [1.82, 2.24) is 0 Å². The second-order valence-corrected chi connectivity index (χ2v) is 8.26. The number of hydrogen-bond donors (Lipinski definition) is 0. The number of benzene rings is 3. The first-order valence-electron chi connectivity index (χ1n) is 11.8. The molecule has 0 aliphatic carbocycles. The van der Waals surface area contributed by atoms with Crippen LogP contribution in [0.25, 0.3) is 0 Å². The maximum absolute atomic E-state index is 14.5. The van der Waals surface area contributed by atoms with E-state index in [1.165, 1.54) is 30.5 Å². The zero-order valence-electron chi connectivity index (χ0n) is 19.5. The second kappa shape index (κ2) is 12.6. The summed E-state index contributed by atoms with van der Waals surface area (Å²) in [4.78, 5) is 0. The Morgan fingerprint density at radius 1 is 0.576 bits per heavy atom. The predicted molar refractivity (Wildman–Crippen MR) is 133 cm³/mol. The lowest BCUT2D eigenvalue weighted by Gasteiger charge is -2.03. The Bertz CT molecular complexity index is 1180. The zero-order valence-corrected chi connectivity index (χ0v) is 19.5. The maximum atomic E-state index is 14.5. The molecule has 0 atom stereocenters.